The van der Waals surface area contributed by atoms with E-state index in [1.165, 1.54) is 18.2 Å². The number of fused-ring (bicyclic) bond motifs is 1. The van der Waals surface area contributed by atoms with E-state index in [4.69, 9.17) is 0 Å². The molecule has 0 radical (unpaired) electrons. The highest BCUT2D eigenvalue weighted by Gasteiger charge is 2.28. The quantitative estimate of drug-likeness (QED) is 0.592. The van der Waals surface area contributed by atoms with Crippen LogP contribution in [0.3, 0.4) is 0 Å². The molecule has 0 N–H and O–H groups in total. The predicted molar refractivity (Wildman–Crippen MR) is 63.5 cm³/mol. The van der Waals surface area contributed by atoms with Crippen LogP contribution < -0.4 is 0 Å². The normalized spacial score (nSPS) is 11.8. The van der Waals surface area contributed by atoms with Gasteiger partial charge in [0.15, 0.2) is 5.78 Å². The first kappa shape index (κ1) is 13.5. The number of carbonyl (C=O) groups excluding carboxylic acids is 1. The van der Waals surface area contributed by atoms with Gasteiger partial charge in [0.2, 0.25) is 0 Å². The Morgan fingerprint density at radius 2 is 1.63 bits per heavy atom. The molecule has 2 aromatic rings. The van der Waals surface area contributed by atoms with Gasteiger partial charge in [0.05, 0.1) is 6.42 Å². The summed E-state index contributed by atoms with van der Waals surface area (Å²) in [6.45, 7) is 0. The Bertz CT molecular complexity index is 616. The molecule has 0 aromatic heterocycles. The van der Waals surface area contributed by atoms with E-state index in [-0.39, 0.29) is 10.9 Å². The van der Waals surface area contributed by atoms with Gasteiger partial charge in [0, 0.05) is 17.4 Å². The van der Waals surface area contributed by atoms with Crippen molar-refractivity contribution in [3.8, 4) is 0 Å². The van der Waals surface area contributed by atoms with Crippen molar-refractivity contribution in [1.82, 2.24) is 0 Å². The molecule has 0 aliphatic carbocycles. The van der Waals surface area contributed by atoms with E-state index in [0.717, 1.165) is 6.07 Å². The second kappa shape index (κ2) is 4.99. The average molecular weight is 270 g/mol. The lowest BCUT2D eigenvalue weighted by molar-refractivity contribution is -0.133. The van der Waals surface area contributed by atoms with Gasteiger partial charge in [-0.15, -0.1) is 0 Å². The third-order valence-corrected chi connectivity index (χ3v) is 2.81. The number of hydrogen-bond acceptors (Lipinski definition) is 1. The van der Waals surface area contributed by atoms with Gasteiger partial charge in [-0.25, -0.2) is 4.39 Å². The molecule has 0 heterocycles. The topological polar surface area (TPSA) is 17.1 Å². The summed E-state index contributed by atoms with van der Waals surface area (Å²) in [6, 6.07) is 8.57. The molecule has 0 aliphatic rings. The molecule has 0 atom stereocenters. The molecule has 0 fully saturated rings. The van der Waals surface area contributed by atoms with Gasteiger partial charge in [-0.1, -0.05) is 24.3 Å². The van der Waals surface area contributed by atoms with Gasteiger partial charge in [0.25, 0.3) is 0 Å². The molecule has 2 rings (SSSR count). The second-order valence-electron chi connectivity index (χ2n) is 4.18. The molecule has 0 unspecified atom stereocenters. The minimum Gasteiger partial charge on any atom is -0.294 e. The lowest BCUT2D eigenvalue weighted by atomic mass is 9.98. The Morgan fingerprint density at radius 1 is 1.00 bits per heavy atom. The maximum absolute atomic E-state index is 13.5. The Hall–Kier alpha value is -1.91. The largest absolute Gasteiger partial charge is 0.389 e. The standard InChI is InChI=1S/C14H10F4O/c15-12-6-5-11(9-3-1-2-4-10(9)12)13(19)7-8-14(16,17)18/h1-6H,7-8H2. The number of benzene rings is 2. The fourth-order valence-electron chi connectivity index (χ4n) is 1.90. The zero-order chi connectivity index (χ0) is 14.0. The van der Waals surface area contributed by atoms with Gasteiger partial charge >= 0.3 is 6.18 Å². The van der Waals surface area contributed by atoms with Crippen molar-refractivity contribution in [2.45, 2.75) is 19.0 Å². The summed E-state index contributed by atoms with van der Waals surface area (Å²) >= 11 is 0. The maximum Gasteiger partial charge on any atom is 0.389 e. The monoisotopic (exact) mass is 270 g/mol. The molecule has 0 saturated heterocycles. The molecule has 0 spiro atoms. The Labute approximate surface area is 106 Å². The minimum absolute atomic E-state index is 0.126. The highest BCUT2D eigenvalue weighted by Crippen LogP contribution is 2.26. The van der Waals surface area contributed by atoms with Gasteiger partial charge < -0.3 is 0 Å². The van der Waals surface area contributed by atoms with Crippen LogP contribution in [-0.2, 0) is 0 Å². The lowest BCUT2D eigenvalue weighted by Crippen LogP contribution is -2.11. The smallest absolute Gasteiger partial charge is 0.294 e. The average Bonchev–Trinajstić information content (AvgIpc) is 2.36. The van der Waals surface area contributed by atoms with E-state index in [1.54, 1.807) is 12.1 Å². The molecule has 0 aliphatic heterocycles. The fraction of sp³-hybridized carbons (Fsp3) is 0.214. The SMILES string of the molecule is O=C(CCC(F)(F)F)c1ccc(F)c2ccccc12. The zero-order valence-electron chi connectivity index (χ0n) is 9.80. The zero-order valence-corrected chi connectivity index (χ0v) is 9.80. The lowest BCUT2D eigenvalue weighted by Gasteiger charge is -2.08. The summed E-state index contributed by atoms with van der Waals surface area (Å²) in [5.74, 6) is -1.13. The Kier molecular flexibility index (Phi) is 3.55. The Morgan fingerprint density at radius 3 is 2.26 bits per heavy atom. The number of ketones is 1. The number of carbonyl (C=O) groups is 1. The van der Waals surface area contributed by atoms with Gasteiger partial charge in [0.1, 0.15) is 5.82 Å². The van der Waals surface area contributed by atoms with Crippen LogP contribution in [0.1, 0.15) is 23.2 Å². The molecule has 100 valence electrons. The molecular weight excluding hydrogens is 260 g/mol. The molecular formula is C14H10F4O. The van der Waals surface area contributed by atoms with Crippen molar-refractivity contribution in [2.75, 3.05) is 0 Å². The van der Waals surface area contributed by atoms with Crippen LogP contribution in [0.4, 0.5) is 17.6 Å². The molecule has 1 nitrogen and oxygen atoms in total. The number of rotatable bonds is 3. The summed E-state index contributed by atoms with van der Waals surface area (Å²) in [5, 5.41) is 0.579. The van der Waals surface area contributed by atoms with Crippen LogP contribution in [0, 0.1) is 5.82 Å². The van der Waals surface area contributed by atoms with Gasteiger partial charge in [-0.2, -0.15) is 13.2 Å². The van der Waals surface area contributed by atoms with E-state index in [2.05, 4.69) is 0 Å². The molecule has 2 aromatic carbocycles. The van der Waals surface area contributed by atoms with Crippen molar-refractivity contribution in [2.24, 2.45) is 0 Å². The molecule has 0 bridgehead atoms. The highest BCUT2D eigenvalue weighted by molar-refractivity contribution is 6.08. The first-order valence-electron chi connectivity index (χ1n) is 5.66. The summed E-state index contributed by atoms with van der Waals surface area (Å²) in [5.41, 5.74) is 0.126. The van der Waals surface area contributed by atoms with E-state index in [0.29, 0.717) is 5.39 Å². The van der Waals surface area contributed by atoms with Crippen LogP contribution in [0.15, 0.2) is 36.4 Å². The van der Waals surface area contributed by atoms with E-state index in [9.17, 15) is 22.4 Å². The number of hydrogen-bond donors (Lipinski definition) is 0. The third-order valence-electron chi connectivity index (χ3n) is 2.81. The molecule has 5 heteroatoms. The van der Waals surface area contributed by atoms with Crippen LogP contribution >= 0.6 is 0 Å². The number of halogens is 4. The van der Waals surface area contributed by atoms with Crippen LogP contribution in [0.25, 0.3) is 10.8 Å². The summed E-state index contributed by atoms with van der Waals surface area (Å²) in [4.78, 5) is 11.8. The molecule has 0 saturated carbocycles. The highest BCUT2D eigenvalue weighted by atomic mass is 19.4. The molecule has 0 amide bonds. The number of alkyl halides is 3. The van der Waals surface area contributed by atoms with Crippen molar-refractivity contribution in [1.29, 1.82) is 0 Å². The van der Waals surface area contributed by atoms with Crippen molar-refractivity contribution < 1.29 is 22.4 Å². The van der Waals surface area contributed by atoms with Gasteiger partial charge in [-0.3, -0.25) is 4.79 Å². The van der Waals surface area contributed by atoms with Crippen LogP contribution in [-0.4, -0.2) is 12.0 Å². The summed E-state index contributed by atoms with van der Waals surface area (Å²) < 4.78 is 49.8. The van der Waals surface area contributed by atoms with E-state index < -0.39 is 30.6 Å². The van der Waals surface area contributed by atoms with E-state index >= 15 is 0 Å². The first-order chi connectivity index (χ1) is 8.88. The molecule has 19 heavy (non-hydrogen) atoms. The minimum atomic E-state index is -4.37. The van der Waals surface area contributed by atoms with Crippen molar-refractivity contribution in [3.63, 3.8) is 0 Å². The first-order valence-corrected chi connectivity index (χ1v) is 5.66. The predicted octanol–water partition coefficient (Wildman–Crippen LogP) is 4.50. The van der Waals surface area contributed by atoms with E-state index in [1.807, 2.05) is 0 Å². The van der Waals surface area contributed by atoms with Gasteiger partial charge in [-0.05, 0) is 17.5 Å². The van der Waals surface area contributed by atoms with Crippen molar-refractivity contribution >= 4 is 16.6 Å². The van der Waals surface area contributed by atoms with Crippen LogP contribution in [0.2, 0.25) is 0 Å². The number of Topliss-reactive ketones (excluding diaryl/α,β-unsaturated/α-hetero) is 1. The van der Waals surface area contributed by atoms with Crippen LogP contribution in [0.5, 0.6) is 0 Å². The van der Waals surface area contributed by atoms with Crippen molar-refractivity contribution in [3.05, 3.63) is 47.8 Å². The second-order valence-corrected chi connectivity index (χ2v) is 4.18. The maximum atomic E-state index is 13.5. The fourth-order valence-corrected chi connectivity index (χ4v) is 1.90. The Balaban J connectivity index is 2.35. The third kappa shape index (κ3) is 3.10. The summed E-state index contributed by atoms with van der Waals surface area (Å²) in [6.07, 6.45) is -6.16. The summed E-state index contributed by atoms with van der Waals surface area (Å²) in [7, 11) is 0.